The van der Waals surface area contributed by atoms with Gasteiger partial charge in [0, 0.05) is 4.88 Å². The smallest absolute Gasteiger partial charge is 0.155 e. The number of aliphatic hydroxyl groups is 1. The zero-order valence-corrected chi connectivity index (χ0v) is 12.9. The predicted octanol–water partition coefficient (Wildman–Crippen LogP) is 4.04. The topological polar surface area (TPSA) is 51.2 Å². The third-order valence-corrected chi connectivity index (χ3v) is 4.52. The van der Waals surface area contributed by atoms with Crippen LogP contribution in [0.2, 0.25) is 0 Å². The second-order valence-corrected chi connectivity index (χ2v) is 6.18. The first-order valence-corrected chi connectivity index (χ1v) is 8.01. The van der Waals surface area contributed by atoms with E-state index in [0.29, 0.717) is 29.1 Å². The van der Waals surface area contributed by atoms with E-state index in [1.165, 1.54) is 6.07 Å². The van der Waals surface area contributed by atoms with Crippen LogP contribution in [0.25, 0.3) is 22.4 Å². The maximum absolute atomic E-state index is 14.4. The Labute approximate surface area is 135 Å². The molecule has 3 heterocycles. The number of benzene rings is 1. The van der Waals surface area contributed by atoms with Gasteiger partial charge < -0.3 is 9.52 Å². The second kappa shape index (κ2) is 5.64. The number of thiophene rings is 1. The van der Waals surface area contributed by atoms with Crippen molar-refractivity contribution in [3.63, 3.8) is 0 Å². The Bertz CT molecular complexity index is 956. The molecule has 3 aromatic heterocycles. The highest BCUT2D eigenvalue weighted by molar-refractivity contribution is 7.09. The minimum absolute atomic E-state index is 0.198. The quantitative estimate of drug-likeness (QED) is 0.615. The van der Waals surface area contributed by atoms with Crippen LogP contribution in [-0.2, 0) is 13.2 Å². The van der Waals surface area contributed by atoms with Gasteiger partial charge in [0.2, 0.25) is 0 Å². The van der Waals surface area contributed by atoms with Crippen molar-refractivity contribution in [2.75, 3.05) is 0 Å². The molecule has 0 fully saturated rings. The average Bonchev–Trinajstić information content (AvgIpc) is 3.28. The van der Waals surface area contributed by atoms with Gasteiger partial charge in [-0.1, -0.05) is 12.1 Å². The molecule has 6 heteroatoms. The van der Waals surface area contributed by atoms with Crippen LogP contribution in [0, 0.1) is 5.82 Å². The van der Waals surface area contributed by atoms with Gasteiger partial charge in [-0.3, -0.25) is 4.68 Å². The molecule has 0 aliphatic carbocycles. The molecule has 1 N–H and O–H groups in total. The van der Waals surface area contributed by atoms with Crippen LogP contribution in [0.3, 0.4) is 0 Å². The number of rotatable bonds is 4. The van der Waals surface area contributed by atoms with Gasteiger partial charge in [0.05, 0.1) is 17.4 Å². The summed E-state index contributed by atoms with van der Waals surface area (Å²) in [5, 5.41) is 16.1. The molecule has 4 rings (SSSR count). The lowest BCUT2D eigenvalue weighted by molar-refractivity contribution is 0.248. The van der Waals surface area contributed by atoms with Gasteiger partial charge in [-0.15, -0.1) is 11.3 Å². The van der Waals surface area contributed by atoms with Gasteiger partial charge in [0.15, 0.2) is 5.76 Å². The van der Waals surface area contributed by atoms with E-state index in [4.69, 9.17) is 9.52 Å². The van der Waals surface area contributed by atoms with Gasteiger partial charge in [-0.25, -0.2) is 4.39 Å². The third kappa shape index (κ3) is 2.46. The molecular formula is C17H13FN2O2S. The summed E-state index contributed by atoms with van der Waals surface area (Å²) in [5.74, 6) is 0.545. The monoisotopic (exact) mass is 328 g/mol. The summed E-state index contributed by atoms with van der Waals surface area (Å²) < 4.78 is 21.7. The fourth-order valence-electron chi connectivity index (χ4n) is 2.62. The number of hydrogen-bond donors (Lipinski definition) is 1. The Morgan fingerprint density at radius 1 is 1.17 bits per heavy atom. The van der Waals surface area contributed by atoms with Crippen LogP contribution in [0.5, 0.6) is 0 Å². The highest BCUT2D eigenvalue weighted by atomic mass is 32.1. The summed E-state index contributed by atoms with van der Waals surface area (Å²) in [7, 11) is 0. The molecular weight excluding hydrogens is 315 g/mol. The minimum Gasteiger partial charge on any atom is -0.457 e. The van der Waals surface area contributed by atoms with Crippen molar-refractivity contribution in [1.29, 1.82) is 0 Å². The molecule has 0 saturated heterocycles. The fourth-order valence-corrected chi connectivity index (χ4v) is 3.31. The number of furan rings is 1. The first kappa shape index (κ1) is 14.2. The minimum atomic E-state index is -0.336. The molecule has 0 aliphatic heterocycles. The first-order valence-electron chi connectivity index (χ1n) is 7.13. The Morgan fingerprint density at radius 2 is 2.09 bits per heavy atom. The van der Waals surface area contributed by atoms with Crippen molar-refractivity contribution < 1.29 is 13.9 Å². The summed E-state index contributed by atoms with van der Waals surface area (Å²) in [5.41, 5.74) is 1.17. The van der Waals surface area contributed by atoms with Crippen molar-refractivity contribution in [3.05, 3.63) is 64.3 Å². The third-order valence-electron chi connectivity index (χ3n) is 3.66. The van der Waals surface area contributed by atoms with Crippen molar-refractivity contribution in [3.8, 4) is 11.5 Å². The molecule has 1 aromatic carbocycles. The van der Waals surface area contributed by atoms with Crippen LogP contribution in [0.1, 0.15) is 10.6 Å². The molecule has 116 valence electrons. The van der Waals surface area contributed by atoms with Crippen molar-refractivity contribution in [1.82, 2.24) is 9.78 Å². The lowest BCUT2D eigenvalue weighted by Crippen LogP contribution is -1.99. The van der Waals surface area contributed by atoms with Crippen molar-refractivity contribution in [2.24, 2.45) is 0 Å². The number of nitrogens with zero attached hydrogens (tertiary/aromatic N) is 2. The van der Waals surface area contributed by atoms with Crippen LogP contribution < -0.4 is 0 Å². The molecule has 0 aliphatic rings. The SMILES string of the molecule is OCc1ccc(-c2nn(Cc3cccs3)c3cccc(F)c23)o1. The molecule has 0 unspecified atom stereocenters. The Balaban J connectivity index is 1.90. The van der Waals surface area contributed by atoms with Gasteiger partial charge in [-0.05, 0) is 35.7 Å². The van der Waals surface area contributed by atoms with E-state index in [2.05, 4.69) is 5.10 Å². The van der Waals surface area contributed by atoms with E-state index in [1.54, 1.807) is 34.2 Å². The number of halogens is 1. The highest BCUT2D eigenvalue weighted by Gasteiger charge is 2.18. The highest BCUT2D eigenvalue weighted by Crippen LogP contribution is 2.32. The number of aliphatic hydroxyl groups excluding tert-OH is 1. The van der Waals surface area contributed by atoms with Gasteiger partial charge >= 0.3 is 0 Å². The van der Waals surface area contributed by atoms with E-state index in [0.717, 1.165) is 10.4 Å². The van der Waals surface area contributed by atoms with Crippen LogP contribution >= 0.6 is 11.3 Å². The largest absolute Gasteiger partial charge is 0.457 e. The average molecular weight is 328 g/mol. The molecule has 4 nitrogen and oxygen atoms in total. The van der Waals surface area contributed by atoms with Crippen LogP contribution in [0.15, 0.2) is 52.3 Å². The van der Waals surface area contributed by atoms with Crippen LogP contribution in [0.4, 0.5) is 4.39 Å². The Kier molecular flexibility index (Phi) is 3.48. The molecule has 0 amide bonds. The Hall–Kier alpha value is -2.44. The second-order valence-electron chi connectivity index (χ2n) is 5.14. The van der Waals surface area contributed by atoms with Gasteiger partial charge in [0.25, 0.3) is 0 Å². The maximum Gasteiger partial charge on any atom is 0.155 e. The molecule has 23 heavy (non-hydrogen) atoms. The maximum atomic E-state index is 14.4. The zero-order valence-electron chi connectivity index (χ0n) is 12.1. The summed E-state index contributed by atoms with van der Waals surface area (Å²) >= 11 is 1.63. The normalized spacial score (nSPS) is 11.4. The standard InChI is InChI=1S/C17H13FN2O2S/c18-13-4-1-5-14-16(13)17(15-7-6-11(10-21)22-15)19-20(14)9-12-3-2-8-23-12/h1-8,21H,9-10H2. The predicted molar refractivity (Wildman–Crippen MR) is 86.7 cm³/mol. The van der Waals surface area contributed by atoms with Crippen molar-refractivity contribution >= 4 is 22.2 Å². The molecule has 4 aromatic rings. The molecule has 0 bridgehead atoms. The molecule has 0 saturated carbocycles. The zero-order chi connectivity index (χ0) is 15.8. The fraction of sp³-hybridized carbons (Fsp3) is 0.118. The van der Waals surface area contributed by atoms with Crippen molar-refractivity contribution in [2.45, 2.75) is 13.2 Å². The van der Waals surface area contributed by atoms with Crippen LogP contribution in [-0.4, -0.2) is 14.9 Å². The molecule has 0 atom stereocenters. The van der Waals surface area contributed by atoms with E-state index >= 15 is 0 Å². The molecule has 0 radical (unpaired) electrons. The summed E-state index contributed by atoms with van der Waals surface area (Å²) in [4.78, 5) is 1.14. The lowest BCUT2D eigenvalue weighted by Gasteiger charge is -2.00. The number of hydrogen-bond acceptors (Lipinski definition) is 4. The Morgan fingerprint density at radius 3 is 2.83 bits per heavy atom. The van der Waals surface area contributed by atoms with E-state index in [9.17, 15) is 4.39 Å². The van der Waals surface area contributed by atoms with E-state index < -0.39 is 0 Å². The summed E-state index contributed by atoms with van der Waals surface area (Å²) in [6, 6.07) is 12.3. The van der Waals surface area contributed by atoms with E-state index in [-0.39, 0.29) is 12.4 Å². The summed E-state index contributed by atoms with van der Waals surface area (Å²) in [6.07, 6.45) is 0. The molecule has 0 spiro atoms. The lowest BCUT2D eigenvalue weighted by atomic mass is 10.1. The van der Waals surface area contributed by atoms with Gasteiger partial charge in [0.1, 0.15) is 23.9 Å². The van der Waals surface area contributed by atoms with Gasteiger partial charge in [-0.2, -0.15) is 5.10 Å². The first-order chi connectivity index (χ1) is 11.3. The van der Waals surface area contributed by atoms with E-state index in [1.807, 2.05) is 23.6 Å². The number of aromatic nitrogens is 2. The summed E-state index contributed by atoms with van der Waals surface area (Å²) in [6.45, 7) is 0.376. The number of fused-ring (bicyclic) bond motifs is 1.